The van der Waals surface area contributed by atoms with Crippen LogP contribution in [0.25, 0.3) is 0 Å². The summed E-state index contributed by atoms with van der Waals surface area (Å²) in [5.41, 5.74) is 0.950. The maximum Gasteiger partial charge on any atom is 0.269 e. The van der Waals surface area contributed by atoms with Crippen LogP contribution in [0.4, 0.5) is 5.69 Å². The first-order chi connectivity index (χ1) is 13.5. The normalized spacial score (nSPS) is 25.9. The van der Waals surface area contributed by atoms with Crippen molar-refractivity contribution in [3.05, 3.63) is 82.4 Å². The predicted octanol–water partition coefficient (Wildman–Crippen LogP) is 3.13. The summed E-state index contributed by atoms with van der Waals surface area (Å²) in [6.45, 7) is 0.972. The van der Waals surface area contributed by atoms with Crippen LogP contribution in [-0.2, 0) is 21.4 Å². The maximum atomic E-state index is 13.0. The van der Waals surface area contributed by atoms with Crippen LogP contribution in [0, 0.1) is 16.0 Å². The molecule has 1 aliphatic carbocycles. The minimum absolute atomic E-state index is 0.0739. The number of hydrogen-bond acceptors (Lipinski definition) is 5. The molecule has 0 saturated carbocycles. The van der Waals surface area contributed by atoms with E-state index in [1.807, 2.05) is 42.5 Å². The fourth-order valence-corrected chi connectivity index (χ4v) is 5.52. The molecule has 0 N–H and O–H groups in total. The Morgan fingerprint density at radius 1 is 1.11 bits per heavy atom. The zero-order valence-electron chi connectivity index (χ0n) is 15.0. The third-order valence-electron chi connectivity index (χ3n) is 5.17. The molecule has 8 heteroatoms. The summed E-state index contributed by atoms with van der Waals surface area (Å²) < 4.78 is 33.2. The van der Waals surface area contributed by atoms with E-state index in [1.165, 1.54) is 28.6 Å². The lowest BCUT2D eigenvalue weighted by molar-refractivity contribution is -0.384. The summed E-state index contributed by atoms with van der Waals surface area (Å²) in [6.07, 6.45) is 4.69. The molecule has 2 aromatic carbocycles. The standard InChI is InChI=1S/C20H20N2O5S/c23-22(24)17-9-11-18(12-10-17)28(25,26)21-19-8-4-7-16(20(19)21)14-27-13-15-5-2-1-3-6-15/h1-6,8-12,16,19-20H,7,13-14H2/t16-,19-,20+,21?/m0/s1. The largest absolute Gasteiger partial charge is 0.376 e. The van der Waals surface area contributed by atoms with Gasteiger partial charge in [0.25, 0.3) is 5.69 Å². The highest BCUT2D eigenvalue weighted by molar-refractivity contribution is 7.89. The van der Waals surface area contributed by atoms with Crippen LogP contribution in [0.5, 0.6) is 0 Å². The fourth-order valence-electron chi connectivity index (χ4n) is 3.72. The quantitative estimate of drug-likeness (QED) is 0.308. The number of nitrogens with zero attached hydrogens (tertiary/aromatic N) is 2. The molecule has 1 fully saturated rings. The van der Waals surface area contributed by atoms with Gasteiger partial charge in [-0.15, -0.1) is 0 Å². The molecule has 0 spiro atoms. The van der Waals surface area contributed by atoms with E-state index in [4.69, 9.17) is 4.74 Å². The molecule has 4 atom stereocenters. The van der Waals surface area contributed by atoms with Gasteiger partial charge in [-0.1, -0.05) is 42.5 Å². The van der Waals surface area contributed by atoms with Crippen molar-refractivity contribution in [1.29, 1.82) is 0 Å². The Balaban J connectivity index is 1.43. The Hall–Kier alpha value is -2.55. The number of ether oxygens (including phenoxy) is 1. The van der Waals surface area contributed by atoms with Crippen LogP contribution >= 0.6 is 0 Å². The lowest BCUT2D eigenvalue weighted by atomic mass is 9.95. The van der Waals surface area contributed by atoms with Gasteiger partial charge in [-0.3, -0.25) is 10.1 Å². The van der Waals surface area contributed by atoms with Gasteiger partial charge >= 0.3 is 0 Å². The highest BCUT2D eigenvalue weighted by Gasteiger charge is 2.58. The second kappa shape index (κ2) is 7.46. The SMILES string of the molecule is O=[N+]([O-])c1ccc(S(=O)(=O)N2[C@@H]3[C@H](COCc4ccccc4)CC=C[C@@H]32)cc1. The molecule has 0 bridgehead atoms. The number of sulfonamides is 1. The zero-order valence-corrected chi connectivity index (χ0v) is 15.9. The van der Waals surface area contributed by atoms with Crippen LogP contribution in [0.15, 0.2) is 71.6 Å². The van der Waals surface area contributed by atoms with Crippen molar-refractivity contribution in [2.75, 3.05) is 6.61 Å². The van der Waals surface area contributed by atoms with Crippen LogP contribution in [-0.4, -0.2) is 36.3 Å². The van der Waals surface area contributed by atoms with Crippen molar-refractivity contribution < 1.29 is 18.1 Å². The third-order valence-corrected chi connectivity index (χ3v) is 7.08. The summed E-state index contributed by atoms with van der Waals surface area (Å²) in [5, 5.41) is 10.8. The summed E-state index contributed by atoms with van der Waals surface area (Å²) >= 11 is 0. The molecule has 7 nitrogen and oxygen atoms in total. The van der Waals surface area contributed by atoms with Crippen LogP contribution < -0.4 is 0 Å². The number of allylic oxidation sites excluding steroid dienone is 1. The number of benzene rings is 2. The van der Waals surface area contributed by atoms with E-state index in [9.17, 15) is 18.5 Å². The smallest absolute Gasteiger partial charge is 0.269 e. The minimum Gasteiger partial charge on any atom is -0.376 e. The molecule has 0 radical (unpaired) electrons. The number of fused-ring (bicyclic) bond motifs is 1. The first kappa shape index (κ1) is 18.8. The molecule has 2 aromatic rings. The first-order valence-corrected chi connectivity index (χ1v) is 10.5. The topological polar surface area (TPSA) is 89.5 Å². The van der Waals surface area contributed by atoms with Gasteiger partial charge in [0.2, 0.25) is 10.0 Å². The monoisotopic (exact) mass is 400 g/mol. The summed E-state index contributed by atoms with van der Waals surface area (Å²) in [7, 11) is -3.70. The van der Waals surface area contributed by atoms with Gasteiger partial charge in [-0.2, -0.15) is 4.31 Å². The average molecular weight is 400 g/mol. The van der Waals surface area contributed by atoms with E-state index in [2.05, 4.69) is 0 Å². The highest BCUT2D eigenvalue weighted by atomic mass is 32.2. The van der Waals surface area contributed by atoms with Gasteiger partial charge < -0.3 is 4.74 Å². The highest BCUT2D eigenvalue weighted by Crippen LogP contribution is 2.45. The molecule has 2 aliphatic rings. The number of nitro groups is 1. The Kier molecular flexibility index (Phi) is 5.01. The van der Waals surface area contributed by atoms with Crippen molar-refractivity contribution in [3.63, 3.8) is 0 Å². The molecule has 4 rings (SSSR count). The molecule has 1 saturated heterocycles. The molecule has 1 unspecified atom stereocenters. The van der Waals surface area contributed by atoms with Gasteiger partial charge in [-0.05, 0) is 24.1 Å². The van der Waals surface area contributed by atoms with E-state index >= 15 is 0 Å². The third kappa shape index (κ3) is 3.58. The molecule has 0 aromatic heterocycles. The van der Waals surface area contributed by atoms with E-state index in [0.29, 0.717) is 13.2 Å². The molecule has 1 heterocycles. The van der Waals surface area contributed by atoms with E-state index in [0.717, 1.165) is 12.0 Å². The van der Waals surface area contributed by atoms with E-state index in [-0.39, 0.29) is 28.6 Å². The van der Waals surface area contributed by atoms with Crippen LogP contribution in [0.2, 0.25) is 0 Å². The van der Waals surface area contributed by atoms with Gasteiger partial charge in [-0.25, -0.2) is 8.42 Å². The second-order valence-corrected chi connectivity index (χ2v) is 8.83. The van der Waals surface area contributed by atoms with Crippen molar-refractivity contribution in [3.8, 4) is 0 Å². The van der Waals surface area contributed by atoms with Crippen molar-refractivity contribution >= 4 is 15.7 Å². The Morgan fingerprint density at radius 2 is 1.82 bits per heavy atom. The summed E-state index contributed by atoms with van der Waals surface area (Å²) in [6, 6.07) is 14.6. The lowest BCUT2D eigenvalue weighted by Gasteiger charge is -2.17. The lowest BCUT2D eigenvalue weighted by Crippen LogP contribution is -2.23. The fraction of sp³-hybridized carbons (Fsp3) is 0.300. The predicted molar refractivity (Wildman–Crippen MR) is 103 cm³/mol. The number of rotatable bonds is 7. The van der Waals surface area contributed by atoms with Crippen LogP contribution in [0.1, 0.15) is 12.0 Å². The number of hydrogen-bond donors (Lipinski definition) is 0. The zero-order chi connectivity index (χ0) is 19.7. The molecule has 1 aliphatic heterocycles. The van der Waals surface area contributed by atoms with Crippen molar-refractivity contribution in [2.45, 2.75) is 30.0 Å². The number of non-ortho nitro benzene ring substituents is 1. The maximum absolute atomic E-state index is 13.0. The van der Waals surface area contributed by atoms with Crippen molar-refractivity contribution in [1.82, 2.24) is 4.31 Å². The number of nitro benzene ring substituents is 1. The molecule has 0 amide bonds. The molecular formula is C20H20N2O5S. The van der Waals surface area contributed by atoms with E-state index in [1.54, 1.807) is 0 Å². The van der Waals surface area contributed by atoms with Gasteiger partial charge in [0.15, 0.2) is 0 Å². The van der Waals surface area contributed by atoms with Gasteiger partial charge in [0.1, 0.15) is 0 Å². The molecule has 28 heavy (non-hydrogen) atoms. The van der Waals surface area contributed by atoms with E-state index < -0.39 is 14.9 Å². The van der Waals surface area contributed by atoms with Crippen LogP contribution in [0.3, 0.4) is 0 Å². The van der Waals surface area contributed by atoms with Crippen molar-refractivity contribution in [2.24, 2.45) is 5.92 Å². The van der Waals surface area contributed by atoms with Gasteiger partial charge in [0, 0.05) is 18.1 Å². The first-order valence-electron chi connectivity index (χ1n) is 9.05. The molecule has 146 valence electrons. The summed E-state index contributed by atoms with van der Waals surface area (Å²) in [4.78, 5) is 10.3. The average Bonchev–Trinajstić information content (AvgIpc) is 3.45. The Bertz CT molecular complexity index is 989. The Morgan fingerprint density at radius 3 is 2.50 bits per heavy atom. The minimum atomic E-state index is -3.70. The molecular weight excluding hydrogens is 380 g/mol. The van der Waals surface area contributed by atoms with Gasteiger partial charge in [0.05, 0.1) is 35.1 Å². The summed E-state index contributed by atoms with van der Waals surface area (Å²) in [5.74, 6) is 0.0894. The second-order valence-electron chi connectivity index (χ2n) is 6.99. The Labute approximate surface area is 163 Å².